The highest BCUT2D eigenvalue weighted by Gasteiger charge is 2.21. The fourth-order valence-corrected chi connectivity index (χ4v) is 1.99. The van der Waals surface area contributed by atoms with Gasteiger partial charge in [-0.25, -0.2) is 0 Å². The zero-order valence-electron chi connectivity index (χ0n) is 10.1. The number of nitrogens with one attached hydrogen (secondary N) is 2. The van der Waals surface area contributed by atoms with Crippen molar-refractivity contribution in [2.24, 2.45) is 0 Å². The van der Waals surface area contributed by atoms with Crippen molar-refractivity contribution < 1.29 is 14.5 Å². The van der Waals surface area contributed by atoms with E-state index in [0.29, 0.717) is 31.4 Å². The number of nitro benzene ring substituents is 1. The van der Waals surface area contributed by atoms with E-state index in [-0.39, 0.29) is 23.2 Å². The Morgan fingerprint density at radius 2 is 2.32 bits per heavy atom. The van der Waals surface area contributed by atoms with Gasteiger partial charge >= 0.3 is 0 Å². The first kappa shape index (κ1) is 13.0. The fourth-order valence-electron chi connectivity index (χ4n) is 1.99. The summed E-state index contributed by atoms with van der Waals surface area (Å²) < 4.78 is 0. The zero-order chi connectivity index (χ0) is 13.8. The van der Waals surface area contributed by atoms with E-state index < -0.39 is 4.92 Å². The molecular formula is C12H13N3O4. The monoisotopic (exact) mass is 263 g/mol. The molecule has 0 aliphatic carbocycles. The molecule has 1 aromatic rings. The maximum Gasteiger partial charge on any atom is 0.293 e. The number of aldehydes is 1. The highest BCUT2D eigenvalue weighted by Crippen LogP contribution is 2.25. The van der Waals surface area contributed by atoms with Crippen LogP contribution in [0.25, 0.3) is 0 Å². The van der Waals surface area contributed by atoms with Gasteiger partial charge in [-0.15, -0.1) is 0 Å². The van der Waals surface area contributed by atoms with Crippen molar-refractivity contribution in [2.45, 2.75) is 18.9 Å². The number of nitro groups is 1. The molecule has 1 aliphatic rings. The molecule has 1 unspecified atom stereocenters. The molecular weight excluding hydrogens is 250 g/mol. The predicted molar refractivity (Wildman–Crippen MR) is 68.1 cm³/mol. The van der Waals surface area contributed by atoms with Gasteiger partial charge in [0.1, 0.15) is 12.0 Å². The van der Waals surface area contributed by atoms with E-state index in [9.17, 15) is 19.7 Å². The first-order valence-corrected chi connectivity index (χ1v) is 5.87. The summed E-state index contributed by atoms with van der Waals surface area (Å²) in [6, 6.07) is 4.22. The van der Waals surface area contributed by atoms with Crippen molar-refractivity contribution in [3.05, 3.63) is 33.9 Å². The van der Waals surface area contributed by atoms with E-state index in [1.54, 1.807) is 0 Å². The lowest BCUT2D eigenvalue weighted by Crippen LogP contribution is -2.31. The molecule has 0 bridgehead atoms. The third-order valence-electron chi connectivity index (χ3n) is 2.98. The summed E-state index contributed by atoms with van der Waals surface area (Å²) in [4.78, 5) is 32.0. The number of benzene rings is 1. The van der Waals surface area contributed by atoms with Gasteiger partial charge in [-0.05, 0) is 18.6 Å². The molecule has 1 aromatic carbocycles. The number of rotatable bonds is 5. The minimum Gasteiger partial charge on any atom is -0.377 e. The lowest BCUT2D eigenvalue weighted by molar-refractivity contribution is -0.384. The largest absolute Gasteiger partial charge is 0.377 e. The smallest absolute Gasteiger partial charge is 0.293 e. The summed E-state index contributed by atoms with van der Waals surface area (Å²) in [5.41, 5.74) is 0.456. The van der Waals surface area contributed by atoms with Crippen LogP contribution in [0.4, 0.5) is 11.4 Å². The van der Waals surface area contributed by atoms with Crippen LogP contribution in [0.1, 0.15) is 23.2 Å². The van der Waals surface area contributed by atoms with Gasteiger partial charge in [0.05, 0.1) is 4.92 Å². The molecule has 2 N–H and O–H groups in total. The van der Waals surface area contributed by atoms with E-state index in [1.165, 1.54) is 18.2 Å². The van der Waals surface area contributed by atoms with Crippen molar-refractivity contribution in [2.75, 3.05) is 11.9 Å². The molecule has 0 radical (unpaired) electrons. The van der Waals surface area contributed by atoms with Gasteiger partial charge < -0.3 is 10.6 Å². The number of hydrogen-bond donors (Lipinski definition) is 2. The minimum absolute atomic E-state index is 0.00222. The molecule has 19 heavy (non-hydrogen) atoms. The predicted octanol–water partition coefficient (Wildman–Crippen LogP) is 1.10. The standard InChI is InChI=1S/C12H13N3O4/c16-7-8-1-3-10(11(5-8)15(18)19)13-6-9-2-4-12(17)14-9/h1,3,5,7,9,13H,2,4,6H2,(H,14,17). The first-order valence-electron chi connectivity index (χ1n) is 5.87. The summed E-state index contributed by atoms with van der Waals surface area (Å²) in [6.07, 6.45) is 1.76. The quantitative estimate of drug-likeness (QED) is 0.470. The Kier molecular flexibility index (Phi) is 3.74. The van der Waals surface area contributed by atoms with Gasteiger partial charge in [0.25, 0.3) is 5.69 Å². The van der Waals surface area contributed by atoms with Gasteiger partial charge in [-0.2, -0.15) is 0 Å². The molecule has 1 amide bonds. The molecule has 7 nitrogen and oxygen atoms in total. The number of anilines is 1. The number of carbonyl (C=O) groups is 2. The number of carbonyl (C=O) groups excluding carboxylic acids is 2. The minimum atomic E-state index is -0.539. The van der Waals surface area contributed by atoms with Crippen molar-refractivity contribution in [1.82, 2.24) is 5.32 Å². The maximum absolute atomic E-state index is 11.0. The van der Waals surface area contributed by atoms with Crippen molar-refractivity contribution >= 4 is 23.6 Å². The van der Waals surface area contributed by atoms with E-state index in [2.05, 4.69) is 10.6 Å². The van der Waals surface area contributed by atoms with Crippen molar-refractivity contribution in [1.29, 1.82) is 0 Å². The molecule has 1 saturated heterocycles. The number of hydrogen-bond acceptors (Lipinski definition) is 5. The molecule has 0 saturated carbocycles. The van der Waals surface area contributed by atoms with Crippen molar-refractivity contribution in [3.63, 3.8) is 0 Å². The van der Waals surface area contributed by atoms with Gasteiger partial charge in [-0.3, -0.25) is 19.7 Å². The fraction of sp³-hybridized carbons (Fsp3) is 0.333. The molecule has 0 spiro atoms. The Balaban J connectivity index is 2.08. The van der Waals surface area contributed by atoms with Gasteiger partial charge in [0.15, 0.2) is 0 Å². The molecule has 7 heteroatoms. The SMILES string of the molecule is O=Cc1ccc(NCC2CCC(=O)N2)c([N+](=O)[O-])c1. The Bertz CT molecular complexity index is 530. The topological polar surface area (TPSA) is 101 Å². The third kappa shape index (κ3) is 3.06. The average molecular weight is 263 g/mol. The lowest BCUT2D eigenvalue weighted by atomic mass is 10.1. The van der Waals surface area contributed by atoms with Gasteiger partial charge in [0, 0.05) is 30.6 Å². The highest BCUT2D eigenvalue weighted by atomic mass is 16.6. The molecule has 1 atom stereocenters. The van der Waals surface area contributed by atoms with Crippen LogP contribution in [0.5, 0.6) is 0 Å². The van der Waals surface area contributed by atoms with Crippen LogP contribution in [0.15, 0.2) is 18.2 Å². The van der Waals surface area contributed by atoms with E-state index in [4.69, 9.17) is 0 Å². The number of nitrogens with zero attached hydrogens (tertiary/aromatic N) is 1. The van der Waals surface area contributed by atoms with Crippen LogP contribution < -0.4 is 10.6 Å². The van der Waals surface area contributed by atoms with E-state index in [1.807, 2.05) is 0 Å². The van der Waals surface area contributed by atoms with Crippen LogP contribution in [-0.4, -0.2) is 29.7 Å². The second-order valence-corrected chi connectivity index (χ2v) is 4.34. The van der Waals surface area contributed by atoms with E-state index >= 15 is 0 Å². The Morgan fingerprint density at radius 1 is 1.53 bits per heavy atom. The summed E-state index contributed by atoms with van der Waals surface area (Å²) in [6.45, 7) is 0.424. The Morgan fingerprint density at radius 3 is 2.89 bits per heavy atom. The number of amides is 1. The van der Waals surface area contributed by atoms with Gasteiger partial charge in [-0.1, -0.05) is 0 Å². The molecule has 2 rings (SSSR count). The Hall–Kier alpha value is -2.44. The normalized spacial score (nSPS) is 17.9. The molecule has 100 valence electrons. The van der Waals surface area contributed by atoms with Crippen LogP contribution in [0.3, 0.4) is 0 Å². The molecule has 1 fully saturated rings. The second-order valence-electron chi connectivity index (χ2n) is 4.34. The molecule has 1 aliphatic heterocycles. The lowest BCUT2D eigenvalue weighted by Gasteiger charge is -2.12. The molecule has 0 aromatic heterocycles. The van der Waals surface area contributed by atoms with Crippen LogP contribution in [0.2, 0.25) is 0 Å². The summed E-state index contributed by atoms with van der Waals surface area (Å²) in [5.74, 6) is -0.00222. The maximum atomic E-state index is 11.0. The molecule has 1 heterocycles. The summed E-state index contributed by atoms with van der Waals surface area (Å²) in [7, 11) is 0. The third-order valence-corrected chi connectivity index (χ3v) is 2.98. The average Bonchev–Trinajstić information content (AvgIpc) is 2.82. The second kappa shape index (κ2) is 5.47. The first-order chi connectivity index (χ1) is 9.10. The van der Waals surface area contributed by atoms with Crippen LogP contribution in [-0.2, 0) is 4.79 Å². The van der Waals surface area contributed by atoms with E-state index in [0.717, 1.165) is 0 Å². The van der Waals surface area contributed by atoms with Crippen LogP contribution in [0, 0.1) is 10.1 Å². The Labute approximate surface area is 109 Å². The zero-order valence-corrected chi connectivity index (χ0v) is 10.1. The van der Waals surface area contributed by atoms with Gasteiger partial charge in [0.2, 0.25) is 5.91 Å². The highest BCUT2D eigenvalue weighted by molar-refractivity contribution is 5.80. The van der Waals surface area contributed by atoms with Crippen LogP contribution >= 0.6 is 0 Å². The summed E-state index contributed by atoms with van der Waals surface area (Å²) in [5, 5.41) is 16.6. The van der Waals surface area contributed by atoms with Crippen molar-refractivity contribution in [3.8, 4) is 0 Å². The summed E-state index contributed by atoms with van der Waals surface area (Å²) >= 11 is 0.